The van der Waals surface area contributed by atoms with Crippen LogP contribution in [0.1, 0.15) is 10.4 Å². The number of ether oxygens (including phenoxy) is 1. The highest BCUT2D eigenvalue weighted by molar-refractivity contribution is 7.16. The number of non-ortho nitro benzene ring substituents is 2. The lowest BCUT2D eigenvalue weighted by atomic mass is 10.0. The molecule has 0 bridgehead atoms. The Morgan fingerprint density at radius 3 is 2.30 bits per heavy atom. The van der Waals surface area contributed by atoms with E-state index in [1.54, 1.807) is 6.07 Å². The number of hydrogen-bond acceptors (Lipinski definition) is 9. The molecule has 4 aromatic rings. The number of rotatable bonds is 7. The number of amides is 1. The van der Waals surface area contributed by atoms with Gasteiger partial charge in [0, 0.05) is 41.5 Å². The van der Waals surface area contributed by atoms with Gasteiger partial charge in [-0.1, -0.05) is 64.3 Å². The summed E-state index contributed by atoms with van der Waals surface area (Å²) >= 11 is 18.9. The fourth-order valence-corrected chi connectivity index (χ4v) is 4.32. The number of nitro groups is 2. The second-order valence-electron chi connectivity index (χ2n) is 7.38. The van der Waals surface area contributed by atoms with Gasteiger partial charge in [0.25, 0.3) is 17.3 Å². The predicted octanol–water partition coefficient (Wildman–Crippen LogP) is 5.84. The van der Waals surface area contributed by atoms with Crippen LogP contribution in [0.4, 0.5) is 11.4 Å². The second kappa shape index (κ2) is 10.3. The van der Waals surface area contributed by atoms with Gasteiger partial charge in [0.15, 0.2) is 5.58 Å². The van der Waals surface area contributed by atoms with Crippen molar-refractivity contribution in [3.05, 3.63) is 96.2 Å². The van der Waals surface area contributed by atoms with Gasteiger partial charge in [0.2, 0.25) is 10.0 Å². The molecule has 190 valence electrons. The molecule has 1 aromatic heterocycles. The van der Waals surface area contributed by atoms with Crippen molar-refractivity contribution >= 4 is 73.7 Å². The van der Waals surface area contributed by atoms with Gasteiger partial charge in [0.1, 0.15) is 5.75 Å². The average Bonchev–Trinajstić information content (AvgIpc) is 3.22. The smallest absolute Gasteiger partial charge is 0.396 e. The van der Waals surface area contributed by atoms with Crippen molar-refractivity contribution in [2.24, 2.45) is 0 Å². The molecule has 0 saturated carbocycles. The molecule has 37 heavy (non-hydrogen) atoms. The molecule has 0 fully saturated rings. The summed E-state index contributed by atoms with van der Waals surface area (Å²) in [5.74, 6) is -0.797. The quantitative estimate of drug-likeness (QED) is 0.123. The van der Waals surface area contributed by atoms with Crippen LogP contribution in [-0.2, 0) is 0 Å². The number of benzene rings is 3. The van der Waals surface area contributed by atoms with Crippen LogP contribution < -0.4 is 15.0 Å². The van der Waals surface area contributed by atoms with Gasteiger partial charge in [-0.05, 0) is 17.7 Å². The number of nitrogens with zero attached hydrogens (tertiary/aromatic N) is 2. The molecule has 11 nitrogen and oxygen atoms in total. The van der Waals surface area contributed by atoms with Crippen LogP contribution in [0, 0.1) is 20.2 Å². The zero-order valence-electron chi connectivity index (χ0n) is 18.1. The third kappa shape index (κ3) is 6.00. The molecule has 0 aliphatic heterocycles. The van der Waals surface area contributed by atoms with E-state index in [0.717, 1.165) is 17.4 Å². The maximum absolute atomic E-state index is 12.8. The van der Waals surface area contributed by atoms with E-state index in [4.69, 9.17) is 44.0 Å². The van der Waals surface area contributed by atoms with E-state index < -0.39 is 30.7 Å². The maximum atomic E-state index is 12.8. The number of nitrogens with one attached hydrogen (secondary N) is 1. The summed E-state index contributed by atoms with van der Waals surface area (Å²) in [4.78, 5) is 45.1. The van der Waals surface area contributed by atoms with E-state index in [0.29, 0.717) is 10.3 Å². The van der Waals surface area contributed by atoms with Gasteiger partial charge in [-0.25, -0.2) is 4.79 Å². The lowest BCUT2D eigenvalue weighted by Gasteiger charge is -2.26. The van der Waals surface area contributed by atoms with Gasteiger partial charge in [0.05, 0.1) is 14.5 Å². The number of hydrogen-bond donors (Lipinski definition) is 1. The summed E-state index contributed by atoms with van der Waals surface area (Å²) in [6.07, 6.45) is -1.59. The Balaban J connectivity index is 1.72. The first-order valence-electron chi connectivity index (χ1n) is 10.0. The summed E-state index contributed by atoms with van der Waals surface area (Å²) in [5.41, 5.74) is 0.186. The monoisotopic (exact) mass is 583 g/mol. The Morgan fingerprint density at radius 1 is 1.00 bits per heavy atom. The zero-order valence-corrected chi connectivity index (χ0v) is 21.1. The molecular formula is C22H12Cl3N3O8S. The third-order valence-electron chi connectivity index (χ3n) is 4.91. The molecule has 1 atom stereocenters. The molecule has 0 saturated heterocycles. The summed E-state index contributed by atoms with van der Waals surface area (Å²) < 4.78 is 9.16. The van der Waals surface area contributed by atoms with Crippen molar-refractivity contribution in [1.82, 2.24) is 5.32 Å². The zero-order chi connectivity index (χ0) is 26.9. The van der Waals surface area contributed by atoms with E-state index in [9.17, 15) is 29.8 Å². The van der Waals surface area contributed by atoms with Gasteiger partial charge in [-0.15, -0.1) is 0 Å². The first-order chi connectivity index (χ1) is 17.4. The van der Waals surface area contributed by atoms with Gasteiger partial charge in [-0.2, -0.15) is 0 Å². The van der Waals surface area contributed by atoms with Gasteiger partial charge >= 0.3 is 4.94 Å². The molecule has 1 N–H and O–H groups in total. The Morgan fingerprint density at radius 2 is 1.65 bits per heavy atom. The number of alkyl halides is 3. The minimum atomic E-state index is -2.21. The number of nitro benzene ring substituents is 2. The largest absolute Gasteiger partial charge is 0.466 e. The number of carbonyl (C=O) groups is 1. The number of fused-ring (bicyclic) bond motifs is 1. The fraction of sp³-hybridized carbons (Fsp3) is 0.0909. The molecule has 0 unspecified atom stereocenters. The van der Waals surface area contributed by atoms with Crippen molar-refractivity contribution < 1.29 is 23.8 Å². The molecule has 0 spiro atoms. The van der Waals surface area contributed by atoms with Crippen LogP contribution in [0.2, 0.25) is 0 Å². The molecule has 3 aromatic carbocycles. The Kier molecular flexibility index (Phi) is 7.37. The van der Waals surface area contributed by atoms with Crippen molar-refractivity contribution in [3.63, 3.8) is 0 Å². The molecule has 4 rings (SSSR count). The Bertz CT molecular complexity index is 1600. The molecular weight excluding hydrogens is 573 g/mol. The standard InChI is InChI=1S/C22H12Cl3N3O8S/c23-22(24,25)20(26-19(29)12-4-2-6-14(8-12)28(33)34)35-15-9-16(18-17(10-15)37-21(30)36-18)11-3-1-5-13(7-11)27(31)32/h1-10,20H,(H,26,29)/t20-/m1/s1. The van der Waals surface area contributed by atoms with Crippen LogP contribution in [0.25, 0.3) is 21.4 Å². The summed E-state index contributed by atoms with van der Waals surface area (Å²) in [6, 6.07) is 13.3. The number of carbonyl (C=O) groups excluding carboxylic acids is 1. The predicted molar refractivity (Wildman–Crippen MR) is 138 cm³/mol. The number of halogens is 3. The minimum Gasteiger partial charge on any atom is -0.466 e. The summed E-state index contributed by atoms with van der Waals surface area (Å²) in [5, 5.41) is 24.6. The van der Waals surface area contributed by atoms with Crippen molar-refractivity contribution in [3.8, 4) is 16.9 Å². The van der Waals surface area contributed by atoms with E-state index >= 15 is 0 Å². The van der Waals surface area contributed by atoms with E-state index in [1.165, 1.54) is 48.5 Å². The highest BCUT2D eigenvalue weighted by Crippen LogP contribution is 2.38. The molecule has 15 heteroatoms. The summed E-state index contributed by atoms with van der Waals surface area (Å²) in [7, 11) is 0. The van der Waals surface area contributed by atoms with Gasteiger partial charge < -0.3 is 14.5 Å². The molecule has 0 aliphatic carbocycles. The molecule has 1 amide bonds. The maximum Gasteiger partial charge on any atom is 0.396 e. The molecule has 0 radical (unpaired) electrons. The van der Waals surface area contributed by atoms with Crippen LogP contribution in [0.3, 0.4) is 0 Å². The van der Waals surface area contributed by atoms with Crippen molar-refractivity contribution in [1.29, 1.82) is 0 Å². The van der Waals surface area contributed by atoms with Crippen LogP contribution in [0.15, 0.2) is 69.9 Å². The highest BCUT2D eigenvalue weighted by atomic mass is 35.6. The minimum absolute atomic E-state index is 0.0294. The van der Waals surface area contributed by atoms with Gasteiger partial charge in [-0.3, -0.25) is 25.0 Å². The summed E-state index contributed by atoms with van der Waals surface area (Å²) in [6.45, 7) is 0. The SMILES string of the molecule is O=C(N[C@H](Oc1cc(-c2cccc([N+](=O)[O-])c2)c2oc(=O)sc2c1)C(Cl)(Cl)Cl)c1cccc([N+](=O)[O-])c1. The Labute approximate surface area is 225 Å². The third-order valence-corrected chi connectivity index (χ3v) is 6.28. The topological polar surface area (TPSA) is 155 Å². The van der Waals surface area contributed by atoms with Crippen molar-refractivity contribution in [2.45, 2.75) is 10.0 Å². The normalized spacial score (nSPS) is 12.2. The van der Waals surface area contributed by atoms with E-state index in [-0.39, 0.29) is 33.8 Å². The Hall–Kier alpha value is -3.71. The van der Waals surface area contributed by atoms with E-state index in [2.05, 4.69) is 5.32 Å². The van der Waals surface area contributed by atoms with Crippen molar-refractivity contribution in [2.75, 3.05) is 0 Å². The second-order valence-corrected chi connectivity index (χ2v) is 10.7. The first kappa shape index (κ1) is 26.4. The van der Waals surface area contributed by atoms with Crippen LogP contribution in [-0.4, -0.2) is 25.8 Å². The lowest BCUT2D eigenvalue weighted by molar-refractivity contribution is -0.385. The van der Waals surface area contributed by atoms with E-state index in [1.807, 2.05) is 0 Å². The van der Waals surface area contributed by atoms with Crippen LogP contribution >= 0.6 is 46.1 Å². The van der Waals surface area contributed by atoms with Crippen LogP contribution in [0.5, 0.6) is 5.75 Å². The average molecular weight is 585 g/mol. The first-order valence-corrected chi connectivity index (χ1v) is 12.0. The fourth-order valence-electron chi connectivity index (χ4n) is 3.30. The highest BCUT2D eigenvalue weighted by Gasteiger charge is 2.37. The molecule has 0 aliphatic rings. The molecule has 1 heterocycles. The lowest BCUT2D eigenvalue weighted by Crippen LogP contribution is -2.47.